The third-order valence-electron chi connectivity index (χ3n) is 4.28. The Balaban J connectivity index is 2.11. The van der Waals surface area contributed by atoms with E-state index >= 15 is 0 Å². The third kappa shape index (κ3) is 1.41. The van der Waals surface area contributed by atoms with E-state index in [-0.39, 0.29) is 0 Å². The van der Waals surface area contributed by atoms with Crippen LogP contribution in [0.2, 0.25) is 0 Å². The summed E-state index contributed by atoms with van der Waals surface area (Å²) >= 11 is 0. The van der Waals surface area contributed by atoms with Crippen LogP contribution in [0, 0.1) is 5.41 Å². The Kier molecular flexibility index (Phi) is 2.00. The van der Waals surface area contributed by atoms with Gasteiger partial charge in [-0.25, -0.2) is 0 Å². The Morgan fingerprint density at radius 1 is 1.19 bits per heavy atom. The van der Waals surface area contributed by atoms with Crippen LogP contribution < -0.4 is 0 Å². The highest BCUT2D eigenvalue weighted by Gasteiger charge is 2.30. The van der Waals surface area contributed by atoms with E-state index in [1.807, 2.05) is 0 Å². The van der Waals surface area contributed by atoms with E-state index in [1.165, 1.54) is 28.6 Å². The van der Waals surface area contributed by atoms with Crippen LogP contribution in [0.5, 0.6) is 0 Å². The highest BCUT2D eigenvalue weighted by atomic mass is 28.1. The monoisotopic (exact) mass is 228 g/mol. The molecule has 2 aliphatic rings. The van der Waals surface area contributed by atoms with E-state index in [2.05, 4.69) is 39.0 Å². The lowest BCUT2D eigenvalue weighted by Crippen LogP contribution is -2.09. The average molecular weight is 228 g/mol. The van der Waals surface area contributed by atoms with Gasteiger partial charge in [0.05, 0.1) is 0 Å². The summed E-state index contributed by atoms with van der Waals surface area (Å²) in [5.74, 6) is 0. The number of allylic oxidation sites excluding steroid dienone is 1. The highest BCUT2D eigenvalue weighted by molar-refractivity contribution is 6.16. The Hall–Kier alpha value is -0.823. The largest absolute Gasteiger partial charge is 0.0689 e. The van der Waals surface area contributed by atoms with Gasteiger partial charge in [0.1, 0.15) is 0 Å². The topological polar surface area (TPSA) is 0 Å². The number of hydrogen-bond acceptors (Lipinski definition) is 0. The lowest BCUT2D eigenvalue weighted by Gasteiger charge is -2.14. The standard InChI is InChI=1S/C15H20Si/c1-9-4-10-5-11-7-15(2,3)8-12(11)6-13(10)14(9)16/h4-6,14H,7-8H2,1-3,16H3. The number of benzene rings is 1. The highest BCUT2D eigenvalue weighted by Crippen LogP contribution is 2.42. The zero-order valence-electron chi connectivity index (χ0n) is 10.7. The molecule has 2 aliphatic carbocycles. The van der Waals surface area contributed by atoms with Crippen LogP contribution in [0.1, 0.15) is 48.6 Å². The van der Waals surface area contributed by atoms with Gasteiger partial charge in [-0.15, -0.1) is 0 Å². The van der Waals surface area contributed by atoms with Crippen LogP contribution >= 0.6 is 0 Å². The predicted octanol–water partition coefficient (Wildman–Crippen LogP) is 2.63. The summed E-state index contributed by atoms with van der Waals surface area (Å²) in [5, 5.41) is 0. The molecule has 84 valence electrons. The van der Waals surface area contributed by atoms with Gasteiger partial charge in [-0.2, -0.15) is 0 Å². The number of hydrogen-bond donors (Lipinski definition) is 0. The first-order valence-corrected chi connectivity index (χ1v) is 7.46. The van der Waals surface area contributed by atoms with Gasteiger partial charge in [0.2, 0.25) is 0 Å². The molecule has 0 aromatic heterocycles. The molecule has 0 spiro atoms. The molecule has 0 heterocycles. The first-order chi connectivity index (χ1) is 7.46. The fraction of sp³-hybridized carbons (Fsp3) is 0.467. The van der Waals surface area contributed by atoms with Gasteiger partial charge >= 0.3 is 0 Å². The molecular formula is C15H20Si. The van der Waals surface area contributed by atoms with Crippen LogP contribution in [0.4, 0.5) is 0 Å². The van der Waals surface area contributed by atoms with Gasteiger partial charge in [-0.1, -0.05) is 37.6 Å². The minimum atomic E-state index is 0.483. The predicted molar refractivity (Wildman–Crippen MR) is 74.0 cm³/mol. The van der Waals surface area contributed by atoms with Crippen molar-refractivity contribution in [3.05, 3.63) is 40.0 Å². The van der Waals surface area contributed by atoms with Crippen molar-refractivity contribution < 1.29 is 0 Å². The molecule has 0 radical (unpaired) electrons. The number of fused-ring (bicyclic) bond motifs is 2. The zero-order chi connectivity index (χ0) is 11.5. The molecule has 16 heavy (non-hydrogen) atoms. The summed E-state index contributed by atoms with van der Waals surface area (Å²) in [5.41, 5.74) is 9.16. The average Bonchev–Trinajstić information content (AvgIpc) is 2.60. The van der Waals surface area contributed by atoms with Crippen molar-refractivity contribution >= 4 is 16.3 Å². The van der Waals surface area contributed by atoms with E-state index < -0.39 is 0 Å². The Bertz CT molecular complexity index is 494. The van der Waals surface area contributed by atoms with E-state index in [9.17, 15) is 0 Å². The Labute approximate surface area is 101 Å². The summed E-state index contributed by atoms with van der Waals surface area (Å²) in [4.78, 5) is 0. The molecule has 1 aromatic rings. The first kappa shape index (κ1) is 10.3. The Morgan fingerprint density at radius 3 is 2.50 bits per heavy atom. The first-order valence-electron chi connectivity index (χ1n) is 6.30. The maximum Gasteiger partial charge on any atom is 0.0174 e. The van der Waals surface area contributed by atoms with Crippen molar-refractivity contribution in [1.82, 2.24) is 0 Å². The molecule has 0 saturated carbocycles. The SMILES string of the molecule is CC1=Cc2cc3c(cc2C1[SiH3])CC(C)(C)C3. The van der Waals surface area contributed by atoms with Gasteiger partial charge < -0.3 is 0 Å². The van der Waals surface area contributed by atoms with Gasteiger partial charge in [0.25, 0.3) is 0 Å². The Morgan fingerprint density at radius 2 is 1.81 bits per heavy atom. The summed E-state index contributed by atoms with van der Waals surface area (Å²) in [6, 6.07) is 4.96. The van der Waals surface area contributed by atoms with E-state index in [0.717, 1.165) is 5.54 Å². The second-order valence-electron chi connectivity index (χ2n) is 6.38. The second kappa shape index (κ2) is 3.10. The van der Waals surface area contributed by atoms with Crippen LogP contribution in [-0.4, -0.2) is 10.2 Å². The van der Waals surface area contributed by atoms with Crippen molar-refractivity contribution in [2.24, 2.45) is 5.41 Å². The molecule has 3 rings (SSSR count). The molecule has 1 aromatic carbocycles. The van der Waals surface area contributed by atoms with Crippen molar-refractivity contribution in [3.63, 3.8) is 0 Å². The number of rotatable bonds is 0. The van der Waals surface area contributed by atoms with Gasteiger partial charge in [0.15, 0.2) is 0 Å². The molecule has 0 bridgehead atoms. The summed E-state index contributed by atoms with van der Waals surface area (Å²) in [6.07, 6.45) is 4.93. The molecule has 1 atom stereocenters. The molecule has 1 heteroatoms. The third-order valence-corrected chi connectivity index (χ3v) is 5.81. The molecule has 0 nitrogen and oxygen atoms in total. The fourth-order valence-electron chi connectivity index (χ4n) is 3.27. The maximum absolute atomic E-state index is 2.50. The molecule has 0 fully saturated rings. The minimum absolute atomic E-state index is 0.483. The van der Waals surface area contributed by atoms with Crippen molar-refractivity contribution in [3.8, 4) is 0 Å². The summed E-state index contributed by atoms with van der Waals surface area (Å²) in [7, 11) is 1.25. The van der Waals surface area contributed by atoms with Gasteiger partial charge in [0, 0.05) is 10.2 Å². The molecule has 1 unspecified atom stereocenters. The smallest absolute Gasteiger partial charge is 0.0174 e. The minimum Gasteiger partial charge on any atom is -0.0689 e. The summed E-state index contributed by atoms with van der Waals surface area (Å²) in [6.45, 7) is 7.06. The second-order valence-corrected chi connectivity index (χ2v) is 7.53. The maximum atomic E-state index is 2.50. The van der Waals surface area contributed by atoms with Crippen LogP contribution in [0.25, 0.3) is 6.08 Å². The lowest BCUT2D eigenvalue weighted by molar-refractivity contribution is 0.392. The molecule has 0 aliphatic heterocycles. The summed E-state index contributed by atoms with van der Waals surface area (Å²) < 4.78 is 0. The zero-order valence-corrected chi connectivity index (χ0v) is 12.7. The normalized spacial score (nSPS) is 25.4. The van der Waals surface area contributed by atoms with Crippen molar-refractivity contribution in [2.75, 3.05) is 0 Å². The van der Waals surface area contributed by atoms with Crippen molar-refractivity contribution in [1.29, 1.82) is 0 Å². The van der Waals surface area contributed by atoms with E-state index in [1.54, 1.807) is 22.3 Å². The van der Waals surface area contributed by atoms with E-state index in [0.29, 0.717) is 5.41 Å². The van der Waals surface area contributed by atoms with Gasteiger partial charge in [-0.3, -0.25) is 0 Å². The van der Waals surface area contributed by atoms with Crippen LogP contribution in [-0.2, 0) is 12.8 Å². The van der Waals surface area contributed by atoms with Crippen LogP contribution in [0.3, 0.4) is 0 Å². The van der Waals surface area contributed by atoms with Crippen LogP contribution in [0.15, 0.2) is 17.7 Å². The molecule has 0 saturated heterocycles. The van der Waals surface area contributed by atoms with E-state index in [4.69, 9.17) is 0 Å². The lowest BCUT2D eigenvalue weighted by atomic mass is 9.90. The van der Waals surface area contributed by atoms with Crippen molar-refractivity contribution in [2.45, 2.75) is 39.2 Å². The molecular weight excluding hydrogens is 208 g/mol. The van der Waals surface area contributed by atoms with Gasteiger partial charge in [-0.05, 0) is 53.0 Å². The quantitative estimate of drug-likeness (QED) is 0.599. The molecule has 0 N–H and O–H groups in total. The fourth-order valence-corrected chi connectivity index (χ4v) is 3.93. The molecule has 0 amide bonds.